The Morgan fingerprint density at radius 1 is 1.50 bits per heavy atom. The fraction of sp³-hybridized carbons (Fsp3) is 0.692. The molecule has 0 aromatic carbocycles. The Hall–Kier alpha value is -0.0200. The van der Waals surface area contributed by atoms with Gasteiger partial charge < -0.3 is 9.47 Å². The summed E-state index contributed by atoms with van der Waals surface area (Å²) in [7, 11) is 1.65. The largest absolute Gasteiger partial charge is 0.378 e. The fourth-order valence-corrected chi connectivity index (χ4v) is 3.42. The zero-order valence-corrected chi connectivity index (χ0v) is 14.2. The highest BCUT2D eigenvalue weighted by Gasteiger charge is 2.34. The molecule has 1 aromatic heterocycles. The monoisotopic (exact) mass is 409 g/mol. The molecule has 2 saturated heterocycles. The molecule has 2 aliphatic heterocycles. The topological polar surface area (TPSA) is 47.5 Å². The van der Waals surface area contributed by atoms with E-state index in [1.54, 1.807) is 7.11 Å². The molecule has 1 aromatic rings. The first-order valence-electron chi connectivity index (χ1n) is 6.75. The summed E-state index contributed by atoms with van der Waals surface area (Å²) in [5.41, 5.74) is 0.829. The van der Waals surface area contributed by atoms with Crippen LogP contribution in [0.2, 0.25) is 5.15 Å². The number of ether oxygens (including phenoxy) is 2. The average Bonchev–Trinajstić information content (AvgIpc) is 2.91. The summed E-state index contributed by atoms with van der Waals surface area (Å²) in [6, 6.07) is 0.573. The second kappa shape index (κ2) is 6.39. The van der Waals surface area contributed by atoms with Crippen LogP contribution in [0.3, 0.4) is 0 Å². The molecule has 110 valence electrons. The first kappa shape index (κ1) is 14.9. The summed E-state index contributed by atoms with van der Waals surface area (Å²) in [6.07, 6.45) is 2.40. The van der Waals surface area contributed by atoms with Gasteiger partial charge in [-0.15, -0.1) is 0 Å². The molecule has 2 atom stereocenters. The highest BCUT2D eigenvalue weighted by Crippen LogP contribution is 2.30. The van der Waals surface area contributed by atoms with Gasteiger partial charge in [0, 0.05) is 19.7 Å². The first-order chi connectivity index (χ1) is 9.69. The molecular weight excluding hydrogens is 393 g/mol. The fourth-order valence-electron chi connectivity index (χ4n) is 2.83. The van der Waals surface area contributed by atoms with E-state index in [1.807, 2.05) is 0 Å². The molecule has 0 amide bonds. The zero-order valence-electron chi connectivity index (χ0n) is 11.3. The zero-order chi connectivity index (χ0) is 14.1. The maximum atomic E-state index is 6.20. The summed E-state index contributed by atoms with van der Waals surface area (Å²) >= 11 is 8.35. The van der Waals surface area contributed by atoms with Crippen molar-refractivity contribution in [3.63, 3.8) is 0 Å². The SMILES string of the molecule is COCc1nc(C2CN3CCCC3CO2)nc(Cl)c1I. The second-order valence-corrected chi connectivity index (χ2v) is 6.62. The van der Waals surface area contributed by atoms with Crippen molar-refractivity contribution < 1.29 is 9.47 Å². The van der Waals surface area contributed by atoms with Crippen LogP contribution in [0.15, 0.2) is 0 Å². The van der Waals surface area contributed by atoms with E-state index < -0.39 is 0 Å². The van der Waals surface area contributed by atoms with E-state index in [4.69, 9.17) is 21.1 Å². The Morgan fingerprint density at radius 3 is 3.15 bits per heavy atom. The van der Waals surface area contributed by atoms with Crippen molar-refractivity contribution in [2.24, 2.45) is 0 Å². The molecule has 5 nitrogen and oxygen atoms in total. The van der Waals surface area contributed by atoms with Crippen LogP contribution in [-0.2, 0) is 16.1 Å². The van der Waals surface area contributed by atoms with Crippen molar-refractivity contribution in [1.82, 2.24) is 14.9 Å². The van der Waals surface area contributed by atoms with E-state index in [2.05, 4.69) is 37.5 Å². The Kier molecular flexibility index (Phi) is 4.76. The lowest BCUT2D eigenvalue weighted by molar-refractivity contribution is -0.0543. The van der Waals surface area contributed by atoms with Crippen LogP contribution in [0.5, 0.6) is 0 Å². The van der Waals surface area contributed by atoms with E-state index in [9.17, 15) is 0 Å². The van der Waals surface area contributed by atoms with Crippen molar-refractivity contribution in [2.75, 3.05) is 26.8 Å². The van der Waals surface area contributed by atoms with Crippen molar-refractivity contribution >= 4 is 34.2 Å². The lowest BCUT2D eigenvalue weighted by Gasteiger charge is -2.34. The van der Waals surface area contributed by atoms with Gasteiger partial charge in [-0.05, 0) is 42.0 Å². The summed E-state index contributed by atoms with van der Waals surface area (Å²) in [5.74, 6) is 0.674. The lowest BCUT2D eigenvalue weighted by Crippen LogP contribution is -2.43. The summed E-state index contributed by atoms with van der Waals surface area (Å²) < 4.78 is 12.0. The Labute approximate surface area is 137 Å². The molecule has 0 aliphatic carbocycles. The van der Waals surface area contributed by atoms with Gasteiger partial charge in [0.15, 0.2) is 5.82 Å². The van der Waals surface area contributed by atoms with Crippen molar-refractivity contribution in [3.05, 3.63) is 20.2 Å². The number of halogens is 2. The number of morpholine rings is 1. The normalized spacial score (nSPS) is 26.8. The molecule has 0 bridgehead atoms. The maximum absolute atomic E-state index is 6.20. The summed E-state index contributed by atoms with van der Waals surface area (Å²) in [6.45, 7) is 3.20. The predicted octanol–water partition coefficient (Wildman–Crippen LogP) is 2.42. The Balaban J connectivity index is 1.82. The first-order valence-corrected chi connectivity index (χ1v) is 8.21. The van der Waals surface area contributed by atoms with Crippen LogP contribution in [0.25, 0.3) is 0 Å². The van der Waals surface area contributed by atoms with E-state index in [0.717, 1.165) is 29.0 Å². The number of rotatable bonds is 3. The van der Waals surface area contributed by atoms with Crippen LogP contribution in [0.1, 0.15) is 30.5 Å². The molecular formula is C13H17ClIN3O2. The molecule has 3 heterocycles. The van der Waals surface area contributed by atoms with Gasteiger partial charge in [0.2, 0.25) is 0 Å². The van der Waals surface area contributed by atoms with Gasteiger partial charge in [0.05, 0.1) is 22.5 Å². The molecule has 20 heavy (non-hydrogen) atoms. The molecule has 0 saturated carbocycles. The van der Waals surface area contributed by atoms with Crippen LogP contribution in [-0.4, -0.2) is 47.7 Å². The van der Waals surface area contributed by atoms with E-state index >= 15 is 0 Å². The number of aromatic nitrogens is 2. The number of hydrogen-bond donors (Lipinski definition) is 0. The minimum Gasteiger partial charge on any atom is -0.378 e. The third-order valence-corrected chi connectivity index (χ3v) is 5.58. The molecule has 0 N–H and O–H groups in total. The molecule has 3 rings (SSSR count). The quantitative estimate of drug-likeness (QED) is 0.567. The third kappa shape index (κ3) is 2.94. The second-order valence-electron chi connectivity index (χ2n) is 5.18. The molecule has 2 fully saturated rings. The van der Waals surface area contributed by atoms with Crippen LogP contribution in [0.4, 0.5) is 0 Å². The smallest absolute Gasteiger partial charge is 0.160 e. The van der Waals surface area contributed by atoms with E-state index in [-0.39, 0.29) is 6.10 Å². The van der Waals surface area contributed by atoms with Crippen LogP contribution in [0, 0.1) is 3.57 Å². The van der Waals surface area contributed by atoms with Gasteiger partial charge >= 0.3 is 0 Å². The highest BCUT2D eigenvalue weighted by molar-refractivity contribution is 14.1. The van der Waals surface area contributed by atoms with Gasteiger partial charge in [-0.1, -0.05) is 11.6 Å². The summed E-state index contributed by atoms with van der Waals surface area (Å²) in [4.78, 5) is 11.4. The van der Waals surface area contributed by atoms with Crippen LogP contribution < -0.4 is 0 Å². The van der Waals surface area contributed by atoms with Gasteiger partial charge in [-0.2, -0.15) is 0 Å². The number of fused-ring (bicyclic) bond motifs is 1. The lowest BCUT2D eigenvalue weighted by atomic mass is 10.2. The molecule has 0 spiro atoms. The van der Waals surface area contributed by atoms with Gasteiger partial charge in [-0.25, -0.2) is 9.97 Å². The number of methoxy groups -OCH3 is 1. The maximum Gasteiger partial charge on any atom is 0.160 e. The number of nitrogens with zero attached hydrogens (tertiary/aromatic N) is 3. The average molecular weight is 410 g/mol. The molecule has 2 aliphatic rings. The predicted molar refractivity (Wildman–Crippen MR) is 83.8 cm³/mol. The van der Waals surface area contributed by atoms with Crippen LogP contribution >= 0.6 is 34.2 Å². The van der Waals surface area contributed by atoms with Gasteiger partial charge in [0.25, 0.3) is 0 Å². The summed E-state index contributed by atoms with van der Waals surface area (Å²) in [5, 5.41) is 0.481. The van der Waals surface area contributed by atoms with Gasteiger partial charge in [-0.3, -0.25) is 4.90 Å². The Bertz CT molecular complexity index is 503. The minimum absolute atomic E-state index is 0.0885. The Morgan fingerprint density at radius 2 is 2.35 bits per heavy atom. The van der Waals surface area contributed by atoms with Crippen molar-refractivity contribution in [1.29, 1.82) is 0 Å². The molecule has 2 unspecified atom stereocenters. The standard InChI is InChI=1S/C13H17ClIN3O2/c1-19-7-9-11(15)12(14)17-13(16-9)10-5-18-4-2-3-8(18)6-20-10/h8,10H,2-7H2,1H3. The van der Waals surface area contributed by atoms with E-state index in [0.29, 0.717) is 23.6 Å². The van der Waals surface area contributed by atoms with Crippen molar-refractivity contribution in [3.8, 4) is 0 Å². The molecule has 7 heteroatoms. The number of hydrogen-bond acceptors (Lipinski definition) is 5. The minimum atomic E-state index is -0.0885. The van der Waals surface area contributed by atoms with E-state index in [1.165, 1.54) is 12.8 Å². The van der Waals surface area contributed by atoms with Gasteiger partial charge in [0.1, 0.15) is 11.3 Å². The highest BCUT2D eigenvalue weighted by atomic mass is 127. The van der Waals surface area contributed by atoms with Crippen molar-refractivity contribution in [2.45, 2.75) is 31.6 Å². The molecule has 0 radical (unpaired) electrons. The third-order valence-electron chi connectivity index (χ3n) is 3.85.